The maximum absolute atomic E-state index is 6.01. The average Bonchev–Trinajstić information content (AvgIpc) is 2.94. The predicted octanol–water partition coefficient (Wildman–Crippen LogP) is 3.13. The highest BCUT2D eigenvalue weighted by atomic mass is 35.5. The molecular formula is C19H22ClN5S. The summed E-state index contributed by atoms with van der Waals surface area (Å²) in [5.74, 6) is 3.54. The monoisotopic (exact) mass is 387 g/mol. The highest BCUT2D eigenvalue weighted by Gasteiger charge is 2.18. The van der Waals surface area contributed by atoms with Gasteiger partial charge in [0.2, 0.25) is 0 Å². The van der Waals surface area contributed by atoms with Gasteiger partial charge in [-0.05, 0) is 36.5 Å². The maximum atomic E-state index is 6.01. The Morgan fingerprint density at radius 1 is 1.19 bits per heavy atom. The maximum Gasteiger partial charge on any atom is 0.199 e. The van der Waals surface area contributed by atoms with Crippen LogP contribution in [-0.4, -0.2) is 56.9 Å². The van der Waals surface area contributed by atoms with E-state index in [4.69, 9.17) is 35.3 Å². The van der Waals surface area contributed by atoms with Gasteiger partial charge in [-0.15, -0.1) is 13.0 Å². The second-order valence-corrected chi connectivity index (χ2v) is 7.05. The Kier molecular flexibility index (Phi) is 6.28. The highest BCUT2D eigenvalue weighted by molar-refractivity contribution is 7.71. The molecule has 0 amide bonds. The first-order chi connectivity index (χ1) is 12.6. The second kappa shape index (κ2) is 8.65. The Morgan fingerprint density at radius 3 is 2.46 bits per heavy atom. The van der Waals surface area contributed by atoms with E-state index in [0.717, 1.165) is 37.6 Å². The van der Waals surface area contributed by atoms with Crippen LogP contribution >= 0.6 is 23.8 Å². The number of hydrogen-bond donors (Lipinski definition) is 0. The molecule has 1 aromatic heterocycles. The first-order valence-electron chi connectivity index (χ1n) is 8.55. The van der Waals surface area contributed by atoms with Gasteiger partial charge in [-0.3, -0.25) is 14.4 Å². The van der Waals surface area contributed by atoms with E-state index in [2.05, 4.69) is 22.3 Å². The third-order valence-corrected chi connectivity index (χ3v) is 5.13. The quantitative estimate of drug-likeness (QED) is 0.432. The molecule has 0 radical (unpaired) electrons. The van der Waals surface area contributed by atoms with E-state index < -0.39 is 0 Å². The first-order valence-corrected chi connectivity index (χ1v) is 9.33. The molecule has 3 rings (SSSR count). The SMILES string of the molecule is C#CCN1CCN(Cn2nc(-c3ccc(Cl)cc3)n(CC=C)c2=S)CC1. The van der Waals surface area contributed by atoms with Gasteiger partial charge in [-0.2, -0.15) is 5.10 Å². The largest absolute Gasteiger partial charge is 0.296 e. The van der Waals surface area contributed by atoms with E-state index in [1.165, 1.54) is 0 Å². The lowest BCUT2D eigenvalue weighted by Gasteiger charge is -2.33. The van der Waals surface area contributed by atoms with Crippen molar-refractivity contribution in [1.29, 1.82) is 0 Å². The summed E-state index contributed by atoms with van der Waals surface area (Å²) in [5, 5.41) is 5.48. The van der Waals surface area contributed by atoms with Gasteiger partial charge in [0.15, 0.2) is 10.6 Å². The Labute approximate surface area is 164 Å². The molecule has 1 aliphatic rings. The molecular weight excluding hydrogens is 366 g/mol. The molecule has 2 heterocycles. The smallest absolute Gasteiger partial charge is 0.199 e. The molecule has 1 saturated heterocycles. The van der Waals surface area contributed by atoms with Crippen LogP contribution in [-0.2, 0) is 13.2 Å². The van der Waals surface area contributed by atoms with Gasteiger partial charge >= 0.3 is 0 Å². The number of rotatable bonds is 6. The van der Waals surface area contributed by atoms with Crippen molar-refractivity contribution < 1.29 is 0 Å². The Morgan fingerprint density at radius 2 is 1.85 bits per heavy atom. The molecule has 0 saturated carbocycles. The number of terminal acetylenes is 1. The summed E-state index contributed by atoms with van der Waals surface area (Å²) in [6.45, 7) is 9.68. The summed E-state index contributed by atoms with van der Waals surface area (Å²) in [7, 11) is 0. The number of halogens is 1. The summed E-state index contributed by atoms with van der Waals surface area (Å²) < 4.78 is 4.58. The van der Waals surface area contributed by atoms with Crippen molar-refractivity contribution >= 4 is 23.8 Å². The van der Waals surface area contributed by atoms with Crippen LogP contribution in [0.5, 0.6) is 0 Å². The van der Waals surface area contributed by atoms with E-state index in [1.807, 2.05) is 39.6 Å². The lowest BCUT2D eigenvalue weighted by Crippen LogP contribution is -2.46. The number of aromatic nitrogens is 3. The predicted molar refractivity (Wildman–Crippen MR) is 109 cm³/mol. The first kappa shape index (κ1) is 18.9. The molecule has 0 atom stereocenters. The van der Waals surface area contributed by atoms with Gasteiger partial charge in [0.25, 0.3) is 0 Å². The van der Waals surface area contributed by atoms with Crippen molar-refractivity contribution in [1.82, 2.24) is 24.1 Å². The van der Waals surface area contributed by atoms with E-state index in [9.17, 15) is 0 Å². The van der Waals surface area contributed by atoms with Crippen LogP contribution in [0.1, 0.15) is 0 Å². The molecule has 136 valence electrons. The van der Waals surface area contributed by atoms with Crippen LogP contribution in [0.4, 0.5) is 0 Å². The van der Waals surface area contributed by atoms with Crippen molar-refractivity contribution in [2.24, 2.45) is 0 Å². The second-order valence-electron chi connectivity index (χ2n) is 6.25. The van der Waals surface area contributed by atoms with Crippen molar-refractivity contribution in [3.63, 3.8) is 0 Å². The Hall–Kier alpha value is -1.91. The molecule has 0 aliphatic carbocycles. The summed E-state index contributed by atoms with van der Waals surface area (Å²) >= 11 is 11.7. The minimum atomic E-state index is 0.618. The average molecular weight is 388 g/mol. The molecule has 5 nitrogen and oxygen atoms in total. The molecule has 0 N–H and O–H groups in total. The lowest BCUT2D eigenvalue weighted by molar-refractivity contribution is 0.111. The van der Waals surface area contributed by atoms with Gasteiger partial charge in [-0.1, -0.05) is 23.6 Å². The van der Waals surface area contributed by atoms with Crippen LogP contribution < -0.4 is 0 Å². The number of piperazine rings is 1. The molecule has 1 fully saturated rings. The lowest BCUT2D eigenvalue weighted by atomic mass is 10.2. The number of benzene rings is 1. The van der Waals surface area contributed by atoms with Gasteiger partial charge in [0.1, 0.15) is 0 Å². The normalized spacial score (nSPS) is 15.7. The number of allylic oxidation sites excluding steroid dienone is 1. The molecule has 2 aromatic rings. The van der Waals surface area contributed by atoms with Crippen LogP contribution in [0.25, 0.3) is 11.4 Å². The van der Waals surface area contributed by atoms with Crippen LogP contribution in [0.3, 0.4) is 0 Å². The van der Waals surface area contributed by atoms with Crippen molar-refractivity contribution in [2.45, 2.75) is 13.2 Å². The third kappa shape index (κ3) is 4.25. The zero-order valence-corrected chi connectivity index (χ0v) is 16.2. The van der Waals surface area contributed by atoms with E-state index in [-0.39, 0.29) is 0 Å². The third-order valence-electron chi connectivity index (χ3n) is 4.45. The van der Waals surface area contributed by atoms with E-state index in [0.29, 0.717) is 29.6 Å². The van der Waals surface area contributed by atoms with E-state index in [1.54, 1.807) is 0 Å². The fraction of sp³-hybridized carbons (Fsp3) is 0.368. The zero-order valence-electron chi connectivity index (χ0n) is 14.6. The minimum Gasteiger partial charge on any atom is -0.296 e. The highest BCUT2D eigenvalue weighted by Crippen LogP contribution is 2.21. The molecule has 26 heavy (non-hydrogen) atoms. The van der Waals surface area contributed by atoms with Gasteiger partial charge in [0, 0.05) is 43.3 Å². The fourth-order valence-electron chi connectivity index (χ4n) is 3.05. The van der Waals surface area contributed by atoms with Crippen molar-refractivity contribution in [3.05, 3.63) is 46.7 Å². The molecule has 0 spiro atoms. The summed E-state index contributed by atoms with van der Waals surface area (Å²) in [6, 6.07) is 7.65. The minimum absolute atomic E-state index is 0.618. The van der Waals surface area contributed by atoms with Crippen molar-refractivity contribution in [3.8, 4) is 23.7 Å². The van der Waals surface area contributed by atoms with Crippen LogP contribution in [0.15, 0.2) is 36.9 Å². The summed E-state index contributed by atoms with van der Waals surface area (Å²) in [4.78, 5) is 4.63. The Bertz CT molecular complexity index is 854. The molecule has 1 aliphatic heterocycles. The summed E-state index contributed by atoms with van der Waals surface area (Å²) in [6.07, 6.45) is 7.23. The fourth-order valence-corrected chi connectivity index (χ4v) is 3.43. The Balaban J connectivity index is 1.81. The number of nitrogens with zero attached hydrogens (tertiary/aromatic N) is 5. The topological polar surface area (TPSA) is 29.2 Å². The zero-order chi connectivity index (χ0) is 18.5. The molecule has 7 heteroatoms. The van der Waals surface area contributed by atoms with Gasteiger partial charge in [0.05, 0.1) is 13.2 Å². The van der Waals surface area contributed by atoms with Crippen molar-refractivity contribution in [2.75, 3.05) is 32.7 Å². The standard InChI is InChI=1S/C19H22ClN5S/c1-3-9-22-11-13-23(14-12-22)15-25-19(26)24(10-4-2)18(21-25)16-5-7-17(20)8-6-16/h1,4-8H,2,9-15H2. The van der Waals surface area contributed by atoms with Gasteiger partial charge < -0.3 is 0 Å². The molecule has 1 aromatic carbocycles. The van der Waals surface area contributed by atoms with Crippen LogP contribution in [0, 0.1) is 17.1 Å². The van der Waals surface area contributed by atoms with E-state index >= 15 is 0 Å². The van der Waals surface area contributed by atoms with Crippen LogP contribution in [0.2, 0.25) is 5.02 Å². The van der Waals surface area contributed by atoms with Gasteiger partial charge in [-0.25, -0.2) is 4.68 Å². The summed E-state index contributed by atoms with van der Waals surface area (Å²) in [5.41, 5.74) is 0.986. The molecule has 0 bridgehead atoms. The number of hydrogen-bond acceptors (Lipinski definition) is 4. The molecule has 0 unspecified atom stereocenters.